The van der Waals surface area contributed by atoms with Crippen molar-refractivity contribution in [3.8, 4) is 0 Å². The average Bonchev–Trinajstić information content (AvgIpc) is 2.92. The van der Waals surface area contributed by atoms with Crippen molar-refractivity contribution in [1.29, 1.82) is 0 Å². The van der Waals surface area contributed by atoms with Crippen molar-refractivity contribution in [3.05, 3.63) is 17.5 Å². The van der Waals surface area contributed by atoms with Gasteiger partial charge in [-0.1, -0.05) is 0 Å². The molecule has 1 fully saturated rings. The summed E-state index contributed by atoms with van der Waals surface area (Å²) < 4.78 is 1.77. The lowest BCUT2D eigenvalue weighted by Gasteiger charge is -2.21. The van der Waals surface area contributed by atoms with Gasteiger partial charge in [0.25, 0.3) is 5.91 Å². The van der Waals surface area contributed by atoms with Crippen LogP contribution >= 0.6 is 0 Å². The molecule has 1 aromatic rings. The molecule has 0 saturated heterocycles. The van der Waals surface area contributed by atoms with Gasteiger partial charge in [-0.05, 0) is 46.6 Å². The summed E-state index contributed by atoms with van der Waals surface area (Å²) in [5.41, 5.74) is -0.152. The van der Waals surface area contributed by atoms with Gasteiger partial charge in [0.05, 0.1) is 5.54 Å². The Labute approximate surface area is 111 Å². The molecule has 6 heteroatoms. The molecule has 0 aliphatic heterocycles. The van der Waals surface area contributed by atoms with E-state index in [0.717, 1.165) is 5.69 Å². The molecule has 0 radical (unpaired) electrons. The number of hydrogen-bond acceptors (Lipinski definition) is 3. The molecule has 1 heterocycles. The molecule has 1 saturated carbocycles. The van der Waals surface area contributed by atoms with Crippen LogP contribution in [0.25, 0.3) is 0 Å². The first kappa shape index (κ1) is 13.6. The maximum atomic E-state index is 12.0. The van der Waals surface area contributed by atoms with E-state index in [1.807, 2.05) is 27.7 Å². The number of carbonyl (C=O) groups excluding carboxylic acids is 1. The van der Waals surface area contributed by atoms with Crippen LogP contribution in [0.15, 0.2) is 6.07 Å². The molecule has 0 aromatic carbocycles. The van der Waals surface area contributed by atoms with E-state index in [2.05, 4.69) is 10.4 Å². The molecule has 1 amide bonds. The van der Waals surface area contributed by atoms with Crippen LogP contribution in [0.4, 0.5) is 0 Å². The van der Waals surface area contributed by atoms with Gasteiger partial charge >= 0.3 is 5.97 Å². The highest BCUT2D eigenvalue weighted by molar-refractivity contribution is 5.97. The molecular weight excluding hydrogens is 246 g/mol. The fraction of sp³-hybridized carbons (Fsp3) is 0.615. The Morgan fingerprint density at radius 1 is 1.42 bits per heavy atom. The third-order valence-electron chi connectivity index (χ3n) is 3.27. The largest absolute Gasteiger partial charge is 0.480 e. The predicted octanol–water partition coefficient (Wildman–Crippen LogP) is 1.29. The van der Waals surface area contributed by atoms with Crippen LogP contribution in [-0.2, 0) is 10.3 Å². The van der Waals surface area contributed by atoms with E-state index < -0.39 is 17.4 Å². The van der Waals surface area contributed by atoms with Gasteiger partial charge in [0.1, 0.15) is 11.2 Å². The van der Waals surface area contributed by atoms with E-state index in [9.17, 15) is 9.59 Å². The Bertz CT molecular complexity index is 536. The van der Waals surface area contributed by atoms with Crippen molar-refractivity contribution in [3.63, 3.8) is 0 Å². The Kier molecular flexibility index (Phi) is 2.91. The number of carbonyl (C=O) groups is 2. The highest BCUT2D eigenvalue weighted by Crippen LogP contribution is 2.35. The van der Waals surface area contributed by atoms with E-state index in [1.165, 1.54) is 0 Å². The zero-order chi connectivity index (χ0) is 14.4. The summed E-state index contributed by atoms with van der Waals surface area (Å²) in [6, 6.07) is 1.68. The molecule has 0 bridgehead atoms. The molecule has 0 unspecified atom stereocenters. The second-order valence-electron chi connectivity index (χ2n) is 6.09. The SMILES string of the molecule is Cc1cc(C(=O)NC2(C(=O)O)CC2)nn1C(C)(C)C. The lowest BCUT2D eigenvalue weighted by Crippen LogP contribution is -2.43. The molecule has 0 atom stereocenters. The van der Waals surface area contributed by atoms with Gasteiger partial charge in [-0.2, -0.15) is 5.10 Å². The zero-order valence-corrected chi connectivity index (χ0v) is 11.6. The van der Waals surface area contributed by atoms with Crippen molar-refractivity contribution >= 4 is 11.9 Å². The number of carboxylic acid groups (broad SMARTS) is 1. The summed E-state index contributed by atoms with van der Waals surface area (Å²) in [7, 11) is 0. The monoisotopic (exact) mass is 265 g/mol. The summed E-state index contributed by atoms with van der Waals surface area (Å²) in [6.45, 7) is 7.86. The van der Waals surface area contributed by atoms with Crippen molar-refractivity contribution in [2.75, 3.05) is 0 Å². The smallest absolute Gasteiger partial charge is 0.329 e. The van der Waals surface area contributed by atoms with E-state index in [4.69, 9.17) is 5.11 Å². The van der Waals surface area contributed by atoms with Crippen LogP contribution in [0.1, 0.15) is 49.8 Å². The Balaban J connectivity index is 2.19. The normalized spacial score (nSPS) is 17.1. The minimum absolute atomic E-state index is 0.216. The standard InChI is InChI=1S/C13H19N3O3/c1-8-7-9(15-16(8)12(2,3)4)10(17)14-13(5-6-13)11(18)19/h7H,5-6H2,1-4H3,(H,14,17)(H,18,19). The number of rotatable bonds is 3. The summed E-state index contributed by atoms with van der Waals surface area (Å²) >= 11 is 0. The average molecular weight is 265 g/mol. The predicted molar refractivity (Wildman–Crippen MR) is 69.0 cm³/mol. The molecule has 0 spiro atoms. The van der Waals surface area contributed by atoms with E-state index in [-0.39, 0.29) is 11.2 Å². The van der Waals surface area contributed by atoms with Crippen molar-refractivity contribution in [1.82, 2.24) is 15.1 Å². The third-order valence-corrected chi connectivity index (χ3v) is 3.27. The van der Waals surface area contributed by atoms with E-state index in [1.54, 1.807) is 10.7 Å². The topological polar surface area (TPSA) is 84.2 Å². The molecule has 1 aromatic heterocycles. The number of aromatic nitrogens is 2. The lowest BCUT2D eigenvalue weighted by molar-refractivity contribution is -0.140. The Hall–Kier alpha value is -1.85. The molecule has 2 rings (SSSR count). The first-order valence-electron chi connectivity index (χ1n) is 6.29. The zero-order valence-electron chi connectivity index (χ0n) is 11.6. The van der Waals surface area contributed by atoms with Gasteiger partial charge in [0.15, 0.2) is 0 Å². The minimum Gasteiger partial charge on any atom is -0.480 e. The van der Waals surface area contributed by atoms with Crippen LogP contribution in [0.2, 0.25) is 0 Å². The number of hydrogen-bond donors (Lipinski definition) is 2. The van der Waals surface area contributed by atoms with Gasteiger partial charge in [0, 0.05) is 5.69 Å². The number of amides is 1. The number of aryl methyl sites for hydroxylation is 1. The van der Waals surface area contributed by atoms with Gasteiger partial charge in [0.2, 0.25) is 0 Å². The summed E-state index contributed by atoms with van der Waals surface area (Å²) in [5, 5.41) is 15.9. The molecule has 1 aliphatic carbocycles. The summed E-state index contributed by atoms with van der Waals surface area (Å²) in [4.78, 5) is 23.1. The molecule has 6 nitrogen and oxygen atoms in total. The van der Waals surface area contributed by atoms with E-state index >= 15 is 0 Å². The summed E-state index contributed by atoms with van der Waals surface area (Å²) in [6.07, 6.45) is 0.958. The van der Waals surface area contributed by atoms with Gasteiger partial charge in [-0.15, -0.1) is 0 Å². The highest BCUT2D eigenvalue weighted by atomic mass is 16.4. The van der Waals surface area contributed by atoms with Crippen molar-refractivity contribution < 1.29 is 14.7 Å². The van der Waals surface area contributed by atoms with Crippen molar-refractivity contribution in [2.24, 2.45) is 0 Å². The van der Waals surface area contributed by atoms with Gasteiger partial charge < -0.3 is 10.4 Å². The van der Waals surface area contributed by atoms with Crippen LogP contribution in [0.5, 0.6) is 0 Å². The molecule has 104 valence electrons. The molecule has 2 N–H and O–H groups in total. The molecular formula is C13H19N3O3. The number of aliphatic carboxylic acids is 1. The fourth-order valence-electron chi connectivity index (χ4n) is 2.06. The van der Waals surface area contributed by atoms with Crippen LogP contribution < -0.4 is 5.32 Å². The fourth-order valence-corrected chi connectivity index (χ4v) is 2.06. The first-order chi connectivity index (χ1) is 8.66. The first-order valence-corrected chi connectivity index (χ1v) is 6.29. The third kappa shape index (κ3) is 2.47. The van der Waals surface area contributed by atoms with Gasteiger partial charge in [-0.3, -0.25) is 9.48 Å². The summed E-state index contributed by atoms with van der Waals surface area (Å²) in [5.74, 6) is -1.40. The molecule has 1 aliphatic rings. The number of nitrogens with one attached hydrogen (secondary N) is 1. The maximum Gasteiger partial charge on any atom is 0.329 e. The quantitative estimate of drug-likeness (QED) is 0.862. The lowest BCUT2D eigenvalue weighted by atomic mass is 10.1. The second-order valence-corrected chi connectivity index (χ2v) is 6.09. The van der Waals surface area contributed by atoms with Crippen LogP contribution in [0.3, 0.4) is 0 Å². The number of nitrogens with zero attached hydrogens (tertiary/aromatic N) is 2. The maximum absolute atomic E-state index is 12.0. The Morgan fingerprint density at radius 3 is 2.37 bits per heavy atom. The van der Waals surface area contributed by atoms with Crippen molar-refractivity contribution in [2.45, 2.75) is 51.6 Å². The van der Waals surface area contributed by atoms with Gasteiger partial charge in [-0.25, -0.2) is 4.79 Å². The van der Waals surface area contributed by atoms with Crippen LogP contribution in [-0.4, -0.2) is 32.3 Å². The van der Waals surface area contributed by atoms with Crippen LogP contribution in [0, 0.1) is 6.92 Å². The highest BCUT2D eigenvalue weighted by Gasteiger charge is 2.52. The Morgan fingerprint density at radius 2 is 2.00 bits per heavy atom. The van der Waals surface area contributed by atoms with E-state index in [0.29, 0.717) is 12.8 Å². The molecule has 19 heavy (non-hydrogen) atoms. The minimum atomic E-state index is -1.07. The second kappa shape index (κ2) is 4.08. The number of carboxylic acids is 1.